The Bertz CT molecular complexity index is 918. The van der Waals surface area contributed by atoms with Gasteiger partial charge in [0.25, 0.3) is 0 Å². The van der Waals surface area contributed by atoms with Gasteiger partial charge < -0.3 is 10.6 Å². The van der Waals surface area contributed by atoms with Gasteiger partial charge in [0.15, 0.2) is 0 Å². The quantitative estimate of drug-likeness (QED) is 0.148. The van der Waals surface area contributed by atoms with Gasteiger partial charge in [-0.1, -0.05) is 97.5 Å². The highest BCUT2D eigenvalue weighted by Crippen LogP contribution is 2.09. The SMILES string of the molecule is CC/C=C\C/C=C\C/C=C\C/C=C\C/C=C\C/C=C\CCC(=O)NCCCC(=O)Nc1ccc(C)cc1. The molecule has 2 N–H and O–H groups in total. The zero-order valence-electron chi connectivity index (χ0n) is 22.8. The molecule has 4 heteroatoms. The van der Waals surface area contributed by atoms with E-state index in [-0.39, 0.29) is 11.8 Å². The molecular formula is C33H46N2O2. The number of amides is 2. The van der Waals surface area contributed by atoms with E-state index in [9.17, 15) is 9.59 Å². The van der Waals surface area contributed by atoms with Gasteiger partial charge in [-0.05, 0) is 70.4 Å². The molecule has 0 aliphatic rings. The molecule has 0 unspecified atom stereocenters. The number of benzene rings is 1. The third-order valence-corrected chi connectivity index (χ3v) is 5.37. The van der Waals surface area contributed by atoms with Gasteiger partial charge in [0.1, 0.15) is 0 Å². The summed E-state index contributed by atoms with van der Waals surface area (Å²) in [6.45, 7) is 4.68. The molecule has 2 amide bonds. The minimum absolute atomic E-state index is 0.0264. The molecule has 0 saturated carbocycles. The summed E-state index contributed by atoms with van der Waals surface area (Å²) >= 11 is 0. The highest BCUT2D eigenvalue weighted by molar-refractivity contribution is 5.90. The molecule has 0 bridgehead atoms. The minimum atomic E-state index is -0.0314. The maximum absolute atomic E-state index is 12.0. The van der Waals surface area contributed by atoms with Crippen molar-refractivity contribution in [3.63, 3.8) is 0 Å². The van der Waals surface area contributed by atoms with Crippen LogP contribution in [0.2, 0.25) is 0 Å². The number of hydrogen-bond donors (Lipinski definition) is 2. The predicted octanol–water partition coefficient (Wildman–Crippen LogP) is 8.31. The van der Waals surface area contributed by atoms with Gasteiger partial charge in [0, 0.05) is 25.1 Å². The zero-order valence-corrected chi connectivity index (χ0v) is 22.8. The van der Waals surface area contributed by atoms with Crippen LogP contribution in [-0.2, 0) is 9.59 Å². The molecule has 200 valence electrons. The van der Waals surface area contributed by atoms with Crippen LogP contribution in [0.15, 0.2) is 97.2 Å². The third-order valence-electron chi connectivity index (χ3n) is 5.37. The summed E-state index contributed by atoms with van der Waals surface area (Å²) in [5.41, 5.74) is 1.96. The molecule has 4 nitrogen and oxygen atoms in total. The first kappa shape index (κ1) is 31.6. The number of allylic oxidation sites excluding steroid dienone is 12. The smallest absolute Gasteiger partial charge is 0.224 e. The number of anilines is 1. The largest absolute Gasteiger partial charge is 0.356 e. The number of rotatable bonds is 19. The Labute approximate surface area is 225 Å². The van der Waals surface area contributed by atoms with E-state index in [1.807, 2.05) is 37.3 Å². The second-order valence-electron chi connectivity index (χ2n) is 8.82. The maximum Gasteiger partial charge on any atom is 0.224 e. The molecule has 0 heterocycles. The number of hydrogen-bond acceptors (Lipinski definition) is 2. The predicted molar refractivity (Wildman–Crippen MR) is 160 cm³/mol. The van der Waals surface area contributed by atoms with Crippen molar-refractivity contribution in [3.8, 4) is 0 Å². The summed E-state index contributed by atoms with van der Waals surface area (Å²) in [6.07, 6.45) is 34.2. The Hall–Kier alpha value is -3.40. The van der Waals surface area contributed by atoms with Crippen molar-refractivity contribution in [2.24, 2.45) is 0 Å². The minimum Gasteiger partial charge on any atom is -0.356 e. The molecule has 0 saturated heterocycles. The molecule has 0 aliphatic carbocycles. The molecule has 1 rings (SSSR count). The lowest BCUT2D eigenvalue weighted by atomic mass is 10.2. The average Bonchev–Trinajstić information content (AvgIpc) is 2.89. The Balaban J connectivity index is 1.97. The fraction of sp³-hybridized carbons (Fsp3) is 0.394. The van der Waals surface area contributed by atoms with Crippen LogP contribution in [0, 0.1) is 6.92 Å². The topological polar surface area (TPSA) is 58.2 Å². The summed E-state index contributed by atoms with van der Waals surface area (Å²) in [5.74, 6) is -0.00505. The second kappa shape index (κ2) is 23.0. The van der Waals surface area contributed by atoms with Crippen molar-refractivity contribution in [3.05, 3.63) is 103 Å². The monoisotopic (exact) mass is 502 g/mol. The van der Waals surface area contributed by atoms with Gasteiger partial charge in [-0.2, -0.15) is 0 Å². The van der Waals surface area contributed by atoms with Crippen LogP contribution < -0.4 is 10.6 Å². The van der Waals surface area contributed by atoms with E-state index in [0.717, 1.165) is 56.2 Å². The van der Waals surface area contributed by atoms with Crippen LogP contribution in [-0.4, -0.2) is 18.4 Å². The Kier molecular flexibility index (Phi) is 19.7. The maximum atomic E-state index is 12.0. The third kappa shape index (κ3) is 20.5. The molecule has 0 fully saturated rings. The van der Waals surface area contributed by atoms with Crippen molar-refractivity contribution in [2.45, 2.75) is 78.1 Å². The molecule has 0 atom stereocenters. The molecule has 0 spiro atoms. The molecular weight excluding hydrogens is 456 g/mol. The van der Waals surface area contributed by atoms with E-state index in [1.165, 1.54) is 0 Å². The van der Waals surface area contributed by atoms with Gasteiger partial charge in [-0.15, -0.1) is 0 Å². The second-order valence-corrected chi connectivity index (χ2v) is 8.82. The lowest BCUT2D eigenvalue weighted by Gasteiger charge is -2.06. The first-order valence-electron chi connectivity index (χ1n) is 13.6. The van der Waals surface area contributed by atoms with Crippen LogP contribution in [0.25, 0.3) is 0 Å². The molecule has 0 radical (unpaired) electrons. The Morgan fingerprint density at radius 1 is 0.649 bits per heavy atom. The van der Waals surface area contributed by atoms with E-state index >= 15 is 0 Å². The summed E-state index contributed by atoms with van der Waals surface area (Å²) < 4.78 is 0. The fourth-order valence-corrected chi connectivity index (χ4v) is 3.28. The van der Waals surface area contributed by atoms with Crippen LogP contribution in [0.1, 0.15) is 76.7 Å². The molecule has 1 aromatic rings. The zero-order chi connectivity index (χ0) is 26.8. The van der Waals surface area contributed by atoms with Gasteiger partial charge >= 0.3 is 0 Å². The highest BCUT2D eigenvalue weighted by atomic mass is 16.2. The molecule has 1 aromatic carbocycles. The van der Waals surface area contributed by atoms with E-state index < -0.39 is 0 Å². The van der Waals surface area contributed by atoms with Crippen LogP contribution in [0.3, 0.4) is 0 Å². The first-order valence-corrected chi connectivity index (χ1v) is 13.6. The first-order chi connectivity index (χ1) is 18.1. The molecule has 0 aliphatic heterocycles. The van der Waals surface area contributed by atoms with E-state index in [1.54, 1.807) is 0 Å². The molecule has 0 aromatic heterocycles. The van der Waals surface area contributed by atoms with Gasteiger partial charge in [0.05, 0.1) is 0 Å². The number of nitrogens with one attached hydrogen (secondary N) is 2. The number of carbonyl (C=O) groups is 2. The molecule has 37 heavy (non-hydrogen) atoms. The standard InChI is InChI=1S/C33H46N2O2/c1-3-4-5-6-7-8-9-10-11-12-13-14-15-16-17-18-19-20-21-23-32(36)34-29-22-24-33(37)35-31-27-25-30(2)26-28-31/h4-5,7-8,10-11,13-14,16-17,19-20,25-28H,3,6,9,12,15,18,21-24,29H2,1-2H3,(H,34,36)(H,35,37)/b5-4-,8-7-,11-10-,14-13-,17-16-,20-19-. The Morgan fingerprint density at radius 3 is 1.65 bits per heavy atom. The van der Waals surface area contributed by atoms with Crippen molar-refractivity contribution in [1.82, 2.24) is 5.32 Å². The highest BCUT2D eigenvalue weighted by Gasteiger charge is 2.03. The van der Waals surface area contributed by atoms with Crippen molar-refractivity contribution < 1.29 is 9.59 Å². The summed E-state index contributed by atoms with van der Waals surface area (Å²) in [4.78, 5) is 23.9. The van der Waals surface area contributed by atoms with E-state index in [2.05, 4.69) is 84.4 Å². The van der Waals surface area contributed by atoms with Gasteiger partial charge in [-0.25, -0.2) is 0 Å². The van der Waals surface area contributed by atoms with Crippen molar-refractivity contribution in [2.75, 3.05) is 11.9 Å². The van der Waals surface area contributed by atoms with Crippen molar-refractivity contribution >= 4 is 17.5 Å². The normalized spacial score (nSPS) is 12.3. The summed E-state index contributed by atoms with van der Waals surface area (Å²) in [6, 6.07) is 7.72. The average molecular weight is 503 g/mol. The fourth-order valence-electron chi connectivity index (χ4n) is 3.28. The van der Waals surface area contributed by atoms with Crippen LogP contribution in [0.4, 0.5) is 5.69 Å². The lowest BCUT2D eigenvalue weighted by molar-refractivity contribution is -0.121. The Morgan fingerprint density at radius 2 is 1.14 bits per heavy atom. The van der Waals surface area contributed by atoms with Gasteiger partial charge in [0.2, 0.25) is 11.8 Å². The van der Waals surface area contributed by atoms with Crippen molar-refractivity contribution in [1.29, 1.82) is 0 Å². The number of aryl methyl sites for hydroxylation is 1. The summed E-state index contributed by atoms with van der Waals surface area (Å²) in [7, 11) is 0. The summed E-state index contributed by atoms with van der Waals surface area (Å²) in [5, 5.41) is 5.75. The van der Waals surface area contributed by atoms with Crippen LogP contribution >= 0.6 is 0 Å². The van der Waals surface area contributed by atoms with E-state index in [0.29, 0.717) is 25.8 Å². The van der Waals surface area contributed by atoms with E-state index in [4.69, 9.17) is 0 Å². The van der Waals surface area contributed by atoms with Crippen LogP contribution in [0.5, 0.6) is 0 Å². The van der Waals surface area contributed by atoms with Gasteiger partial charge in [-0.3, -0.25) is 9.59 Å². The number of carbonyl (C=O) groups excluding carboxylic acids is 2. The lowest BCUT2D eigenvalue weighted by Crippen LogP contribution is -2.25.